The van der Waals surface area contributed by atoms with Crippen LogP contribution in [-0.4, -0.2) is 0 Å². The van der Waals surface area contributed by atoms with Crippen molar-refractivity contribution in [3.63, 3.8) is 0 Å². The van der Waals surface area contributed by atoms with Crippen molar-refractivity contribution in [1.82, 2.24) is 0 Å². The fourth-order valence-corrected chi connectivity index (χ4v) is 7.07. The van der Waals surface area contributed by atoms with Crippen molar-refractivity contribution < 1.29 is 13.3 Å². The first kappa shape index (κ1) is 31.9. The van der Waals surface area contributed by atoms with Gasteiger partial charge >= 0.3 is 0 Å². The van der Waals surface area contributed by atoms with Gasteiger partial charge in [-0.05, 0) is 119 Å². The molecule has 0 N–H and O–H groups in total. The van der Waals surface area contributed by atoms with Gasteiger partial charge in [0.2, 0.25) is 0 Å². The molecule has 0 amide bonds. The lowest BCUT2D eigenvalue weighted by molar-refractivity contribution is 0.577. The topological polar surface area (TPSA) is 39.4 Å². The number of hydrogen-bond donors (Lipinski definition) is 0. The Bertz CT molecular complexity index is 2760. The third kappa shape index (κ3) is 5.67. The van der Waals surface area contributed by atoms with Crippen molar-refractivity contribution in [2.45, 2.75) is 27.7 Å². The summed E-state index contributed by atoms with van der Waals surface area (Å²) in [6.07, 6.45) is 7.77. The summed E-state index contributed by atoms with van der Waals surface area (Å²) in [6, 6.07) is 43.2. The minimum Gasteiger partial charge on any atom is -0.464 e. The second-order valence-electron chi connectivity index (χ2n) is 12.6. The molecule has 3 nitrogen and oxygen atoms in total. The molecule has 0 fully saturated rings. The molecule has 3 heteroatoms. The summed E-state index contributed by atoms with van der Waals surface area (Å²) in [5.74, 6) is 0.935. The molecule has 0 aliphatic rings. The van der Waals surface area contributed by atoms with Gasteiger partial charge in [0.05, 0.1) is 6.26 Å². The molecule has 0 spiro atoms. The predicted molar refractivity (Wildman–Crippen MR) is 216 cm³/mol. The molecule has 0 saturated heterocycles. The Hall–Kier alpha value is -6.32. The largest absolute Gasteiger partial charge is 0.464 e. The first-order chi connectivity index (χ1) is 25.1. The third-order valence-electron chi connectivity index (χ3n) is 9.60. The van der Waals surface area contributed by atoms with Gasteiger partial charge in [-0.15, -0.1) is 0 Å². The van der Waals surface area contributed by atoms with Gasteiger partial charge in [-0.1, -0.05) is 99.3 Å². The van der Waals surface area contributed by atoms with Gasteiger partial charge in [0, 0.05) is 32.7 Å². The van der Waals surface area contributed by atoms with Crippen LogP contribution in [0.3, 0.4) is 0 Å². The molecule has 9 rings (SSSR count). The van der Waals surface area contributed by atoms with Crippen LogP contribution in [0, 0.1) is 6.92 Å². The van der Waals surface area contributed by atoms with Crippen molar-refractivity contribution >= 4 is 56.0 Å². The Balaban J connectivity index is 0.00000184. The molecule has 3 heterocycles. The Morgan fingerprint density at radius 2 is 0.922 bits per heavy atom. The summed E-state index contributed by atoms with van der Waals surface area (Å²) in [6.45, 7) is 12.0. The maximum atomic E-state index is 6.32. The quantitative estimate of drug-likeness (QED) is 0.178. The van der Waals surface area contributed by atoms with Crippen molar-refractivity contribution in [3.8, 4) is 44.5 Å². The lowest BCUT2D eigenvalue weighted by Gasteiger charge is -2.08. The van der Waals surface area contributed by atoms with E-state index < -0.39 is 0 Å². The van der Waals surface area contributed by atoms with Gasteiger partial charge in [-0.2, -0.15) is 0 Å². The molecular weight excluding hydrogens is 625 g/mol. The normalized spacial score (nSPS) is 11.5. The minimum atomic E-state index is 0.864. The molecular formula is C48H38O3. The van der Waals surface area contributed by atoms with E-state index >= 15 is 0 Å². The zero-order valence-corrected chi connectivity index (χ0v) is 29.3. The van der Waals surface area contributed by atoms with Crippen molar-refractivity contribution in [2.24, 2.45) is 0 Å². The number of benzene rings is 6. The number of fused-ring (bicyclic) bond motifs is 5. The van der Waals surface area contributed by atoms with E-state index in [1.54, 1.807) is 6.26 Å². The van der Waals surface area contributed by atoms with E-state index in [9.17, 15) is 0 Å². The van der Waals surface area contributed by atoms with Crippen LogP contribution in [0.1, 0.15) is 37.7 Å². The Kier molecular flexibility index (Phi) is 8.25. The Morgan fingerprint density at radius 1 is 0.490 bits per heavy atom. The maximum absolute atomic E-state index is 6.32. The van der Waals surface area contributed by atoms with Crippen LogP contribution in [0.25, 0.3) is 101 Å². The molecule has 9 aromatic rings. The molecule has 3 aromatic heterocycles. The second kappa shape index (κ2) is 13.2. The molecule has 51 heavy (non-hydrogen) atoms. The van der Waals surface area contributed by atoms with E-state index in [1.165, 1.54) is 0 Å². The Labute approximate surface area is 297 Å². The fraction of sp³-hybridized carbons (Fsp3) is 0.0833. The molecule has 0 atom stereocenters. The van der Waals surface area contributed by atoms with Gasteiger partial charge in [-0.3, -0.25) is 0 Å². The summed E-state index contributed by atoms with van der Waals surface area (Å²) in [4.78, 5) is 0. The summed E-state index contributed by atoms with van der Waals surface area (Å²) in [7, 11) is 0. The van der Waals surface area contributed by atoms with Crippen LogP contribution < -0.4 is 0 Å². The van der Waals surface area contributed by atoms with E-state index in [0.29, 0.717) is 0 Å². The molecule has 0 saturated carbocycles. The number of allylic oxidation sites excluding steroid dienone is 1. The van der Waals surface area contributed by atoms with Crippen LogP contribution in [0.15, 0.2) is 153 Å². The summed E-state index contributed by atoms with van der Waals surface area (Å²) in [5.41, 5.74) is 14.9. The van der Waals surface area contributed by atoms with Crippen molar-refractivity contribution in [2.75, 3.05) is 0 Å². The van der Waals surface area contributed by atoms with Crippen molar-refractivity contribution in [1.29, 1.82) is 0 Å². The minimum absolute atomic E-state index is 0.864. The lowest BCUT2D eigenvalue weighted by Crippen LogP contribution is -1.83. The fourth-order valence-electron chi connectivity index (χ4n) is 7.07. The van der Waals surface area contributed by atoms with E-state index in [0.717, 1.165) is 105 Å². The molecule has 248 valence electrons. The monoisotopic (exact) mass is 662 g/mol. The van der Waals surface area contributed by atoms with E-state index in [4.69, 9.17) is 13.3 Å². The molecule has 0 radical (unpaired) electrons. The molecule has 0 bridgehead atoms. The standard InChI is InChI=1S/C46H32O3.C2H6/c1-4-8-38-28(3)48-44-18-14-35(24-40(38)44)31-10-7-12-33(22-31)37-16-20-46-42(26-37)41-25-36(15-19-45(41)49-46)32-11-6-9-30(21-32)34-13-17-43-39(23-34)29(5-2)27-47-43;1-2/h4-27H,2H2,1,3H3;1-2H3/b8-4-;. The van der Waals surface area contributed by atoms with Crippen LogP contribution in [-0.2, 0) is 0 Å². The van der Waals surface area contributed by atoms with Crippen LogP contribution in [0.4, 0.5) is 0 Å². The Morgan fingerprint density at radius 3 is 1.41 bits per heavy atom. The molecule has 0 aliphatic heterocycles. The first-order valence-corrected chi connectivity index (χ1v) is 17.5. The number of rotatable bonds is 6. The highest BCUT2D eigenvalue weighted by molar-refractivity contribution is 6.08. The highest BCUT2D eigenvalue weighted by Crippen LogP contribution is 2.38. The smallest absolute Gasteiger partial charge is 0.135 e. The summed E-state index contributed by atoms with van der Waals surface area (Å²) < 4.78 is 18.0. The number of hydrogen-bond acceptors (Lipinski definition) is 3. The van der Waals surface area contributed by atoms with E-state index in [-0.39, 0.29) is 0 Å². The number of furan rings is 3. The zero-order valence-electron chi connectivity index (χ0n) is 29.3. The highest BCUT2D eigenvalue weighted by Gasteiger charge is 2.14. The van der Waals surface area contributed by atoms with E-state index in [1.807, 2.05) is 39.8 Å². The van der Waals surface area contributed by atoms with Gasteiger partial charge in [0.25, 0.3) is 0 Å². The van der Waals surface area contributed by atoms with Crippen molar-refractivity contribution in [3.05, 3.63) is 157 Å². The van der Waals surface area contributed by atoms with Gasteiger partial charge in [0.15, 0.2) is 0 Å². The van der Waals surface area contributed by atoms with Gasteiger partial charge in [0.1, 0.15) is 28.1 Å². The predicted octanol–water partition coefficient (Wildman–Crippen LogP) is 14.8. The van der Waals surface area contributed by atoms with E-state index in [2.05, 4.69) is 134 Å². The summed E-state index contributed by atoms with van der Waals surface area (Å²) >= 11 is 0. The van der Waals surface area contributed by atoms with Crippen LogP contribution in [0.5, 0.6) is 0 Å². The molecule has 0 unspecified atom stereocenters. The third-order valence-corrected chi connectivity index (χ3v) is 9.60. The first-order valence-electron chi connectivity index (χ1n) is 17.5. The second-order valence-corrected chi connectivity index (χ2v) is 12.6. The van der Waals surface area contributed by atoms with Crippen LogP contribution >= 0.6 is 0 Å². The molecule has 0 aliphatic carbocycles. The number of aryl methyl sites for hydroxylation is 1. The average Bonchev–Trinajstić information content (AvgIpc) is 3.87. The van der Waals surface area contributed by atoms with Crippen LogP contribution in [0.2, 0.25) is 0 Å². The average molecular weight is 663 g/mol. The molecule has 6 aromatic carbocycles. The lowest BCUT2D eigenvalue weighted by atomic mass is 9.95. The zero-order chi connectivity index (χ0) is 35.1. The summed E-state index contributed by atoms with van der Waals surface area (Å²) in [5, 5.41) is 4.40. The highest BCUT2D eigenvalue weighted by atomic mass is 16.3. The maximum Gasteiger partial charge on any atom is 0.135 e. The SMILES string of the molecule is C=Cc1coc2ccc(-c3cccc(-c4ccc5oc6ccc(-c7cccc(-c8ccc9oc(C)c(/C=C\C)c9c8)c7)cc6c5c4)c3)cc12.CC. The van der Waals surface area contributed by atoms with Gasteiger partial charge in [-0.25, -0.2) is 0 Å². The van der Waals surface area contributed by atoms with Gasteiger partial charge < -0.3 is 13.3 Å².